The summed E-state index contributed by atoms with van der Waals surface area (Å²) < 4.78 is 0. The van der Waals surface area contributed by atoms with Crippen molar-refractivity contribution in [2.24, 2.45) is 5.92 Å². The molecule has 1 aliphatic heterocycles. The fourth-order valence-electron chi connectivity index (χ4n) is 3.53. The van der Waals surface area contributed by atoms with E-state index in [1.807, 2.05) is 31.7 Å². The predicted molar refractivity (Wildman–Crippen MR) is 110 cm³/mol. The highest BCUT2D eigenvalue weighted by molar-refractivity contribution is 5.96. The van der Waals surface area contributed by atoms with Crippen LogP contribution < -0.4 is 5.32 Å². The van der Waals surface area contributed by atoms with Crippen molar-refractivity contribution in [2.45, 2.75) is 45.6 Å². The number of nitrogens with one attached hydrogen (secondary N) is 1. The molecule has 1 fully saturated rings. The Morgan fingerprint density at radius 1 is 1.00 bits per heavy atom. The number of hydrogen-bond acceptors (Lipinski definition) is 3. The van der Waals surface area contributed by atoms with Gasteiger partial charge in [0, 0.05) is 18.6 Å². The summed E-state index contributed by atoms with van der Waals surface area (Å²) in [6.45, 7) is 7.21. The van der Waals surface area contributed by atoms with Crippen LogP contribution in [0.1, 0.15) is 60.2 Å². The van der Waals surface area contributed by atoms with Crippen molar-refractivity contribution >= 4 is 11.8 Å². The van der Waals surface area contributed by atoms with E-state index in [-0.39, 0.29) is 23.0 Å². The quantitative estimate of drug-likeness (QED) is 0.881. The molecule has 1 aromatic carbocycles. The van der Waals surface area contributed by atoms with E-state index in [9.17, 15) is 9.59 Å². The highest BCUT2D eigenvalue weighted by Gasteiger charge is 2.25. The van der Waals surface area contributed by atoms with Crippen LogP contribution in [-0.4, -0.2) is 40.3 Å². The number of pyridine rings is 1. The number of nitrogens with zero attached hydrogens (tertiary/aromatic N) is 2. The first-order valence-electron chi connectivity index (χ1n) is 9.94. The van der Waals surface area contributed by atoms with Crippen LogP contribution in [0.3, 0.4) is 0 Å². The molecule has 1 N–H and O–H groups in total. The summed E-state index contributed by atoms with van der Waals surface area (Å²) in [6.07, 6.45) is 3.04. The van der Waals surface area contributed by atoms with Crippen LogP contribution in [-0.2, 0) is 6.42 Å². The van der Waals surface area contributed by atoms with E-state index in [4.69, 9.17) is 0 Å². The molecule has 0 bridgehead atoms. The maximum absolute atomic E-state index is 12.9. The molecule has 0 unspecified atom stereocenters. The van der Waals surface area contributed by atoms with Crippen molar-refractivity contribution in [3.05, 3.63) is 65.5 Å². The highest BCUT2D eigenvalue weighted by atomic mass is 16.2. The number of carbonyl (C=O) groups excluding carboxylic acids is 2. The van der Waals surface area contributed by atoms with Gasteiger partial charge in [-0.2, -0.15) is 0 Å². The second kappa shape index (κ2) is 8.55. The second-order valence-electron chi connectivity index (χ2n) is 8.54. The first-order valence-corrected chi connectivity index (χ1v) is 9.94. The van der Waals surface area contributed by atoms with E-state index < -0.39 is 0 Å². The number of benzene rings is 1. The molecule has 148 valence electrons. The number of hydrogen-bond donors (Lipinski definition) is 1. The number of piperidine rings is 1. The van der Waals surface area contributed by atoms with Crippen molar-refractivity contribution in [3.63, 3.8) is 0 Å². The van der Waals surface area contributed by atoms with Crippen molar-refractivity contribution in [1.82, 2.24) is 15.2 Å². The third-order valence-corrected chi connectivity index (χ3v) is 4.96. The highest BCUT2D eigenvalue weighted by Crippen LogP contribution is 2.22. The van der Waals surface area contributed by atoms with Gasteiger partial charge in [-0.15, -0.1) is 0 Å². The van der Waals surface area contributed by atoms with Crippen molar-refractivity contribution in [1.29, 1.82) is 0 Å². The Labute approximate surface area is 167 Å². The molecule has 0 atom stereocenters. The van der Waals surface area contributed by atoms with Crippen molar-refractivity contribution < 1.29 is 9.59 Å². The average molecular weight is 380 g/mol. The van der Waals surface area contributed by atoms with E-state index >= 15 is 0 Å². The van der Waals surface area contributed by atoms with Gasteiger partial charge in [0.1, 0.15) is 11.4 Å². The number of likely N-dealkylation sites (tertiary alicyclic amines) is 1. The molecular weight excluding hydrogens is 350 g/mol. The Morgan fingerprint density at radius 3 is 2.29 bits per heavy atom. The largest absolute Gasteiger partial charge is 0.346 e. The lowest BCUT2D eigenvalue weighted by molar-refractivity contribution is 0.0684. The van der Waals surface area contributed by atoms with Gasteiger partial charge in [-0.05, 0) is 63.6 Å². The number of rotatable bonds is 4. The molecular formula is C23H29N3O2. The van der Waals surface area contributed by atoms with Crippen LogP contribution in [0.5, 0.6) is 0 Å². The summed E-state index contributed by atoms with van der Waals surface area (Å²) in [5.41, 5.74) is 1.62. The monoisotopic (exact) mass is 379 g/mol. The molecule has 3 rings (SSSR count). The molecule has 5 heteroatoms. The van der Waals surface area contributed by atoms with Gasteiger partial charge in [-0.3, -0.25) is 9.59 Å². The summed E-state index contributed by atoms with van der Waals surface area (Å²) in [7, 11) is 0. The Bertz CT molecular complexity index is 819. The van der Waals surface area contributed by atoms with Gasteiger partial charge >= 0.3 is 0 Å². The fraction of sp³-hybridized carbons (Fsp3) is 0.435. The normalized spacial score (nSPS) is 15.3. The third-order valence-electron chi connectivity index (χ3n) is 4.96. The summed E-state index contributed by atoms with van der Waals surface area (Å²) in [5, 5.41) is 2.88. The van der Waals surface area contributed by atoms with E-state index in [1.54, 1.807) is 18.2 Å². The smallest absolute Gasteiger partial charge is 0.272 e. The zero-order valence-electron chi connectivity index (χ0n) is 16.9. The molecule has 2 amide bonds. The third kappa shape index (κ3) is 5.41. The molecule has 2 heterocycles. The maximum atomic E-state index is 12.9. The lowest BCUT2D eigenvalue weighted by Crippen LogP contribution is -2.41. The van der Waals surface area contributed by atoms with E-state index in [1.165, 1.54) is 5.56 Å². The second-order valence-corrected chi connectivity index (χ2v) is 8.54. The molecule has 0 aliphatic carbocycles. The number of amides is 2. The summed E-state index contributed by atoms with van der Waals surface area (Å²) in [4.78, 5) is 31.4. The predicted octanol–water partition coefficient (Wildman–Crippen LogP) is 3.70. The summed E-state index contributed by atoms with van der Waals surface area (Å²) in [6, 6.07) is 15.6. The van der Waals surface area contributed by atoms with E-state index in [0.29, 0.717) is 11.6 Å². The van der Waals surface area contributed by atoms with E-state index in [0.717, 1.165) is 32.4 Å². The van der Waals surface area contributed by atoms with Crippen LogP contribution >= 0.6 is 0 Å². The van der Waals surface area contributed by atoms with Crippen molar-refractivity contribution in [3.8, 4) is 0 Å². The van der Waals surface area contributed by atoms with Gasteiger partial charge in [-0.25, -0.2) is 4.98 Å². The first-order chi connectivity index (χ1) is 13.3. The van der Waals surface area contributed by atoms with Crippen LogP contribution in [0.15, 0.2) is 48.5 Å². The van der Waals surface area contributed by atoms with Gasteiger partial charge in [0.2, 0.25) is 0 Å². The minimum absolute atomic E-state index is 0.0939. The Balaban J connectivity index is 1.59. The van der Waals surface area contributed by atoms with Gasteiger partial charge in [-0.1, -0.05) is 36.4 Å². The lowest BCUT2D eigenvalue weighted by Gasteiger charge is -2.32. The lowest BCUT2D eigenvalue weighted by atomic mass is 9.90. The molecule has 0 radical (unpaired) electrons. The first kappa shape index (κ1) is 20.1. The molecule has 1 aromatic heterocycles. The minimum atomic E-state index is -0.348. The molecule has 0 spiro atoms. The zero-order chi connectivity index (χ0) is 20.1. The van der Waals surface area contributed by atoms with Gasteiger partial charge in [0.15, 0.2) is 0 Å². The Morgan fingerprint density at radius 2 is 1.64 bits per heavy atom. The zero-order valence-corrected chi connectivity index (χ0v) is 16.9. The van der Waals surface area contributed by atoms with Gasteiger partial charge < -0.3 is 10.2 Å². The molecule has 2 aromatic rings. The standard InChI is InChI=1S/C23H29N3O2/c1-23(2,3)25-21(27)19-10-7-11-20(24-19)22(28)26-14-12-18(13-15-26)16-17-8-5-4-6-9-17/h4-11,18H,12-16H2,1-3H3,(H,25,27). The van der Waals surface area contributed by atoms with Crippen LogP contribution in [0, 0.1) is 5.92 Å². The molecule has 5 nitrogen and oxygen atoms in total. The van der Waals surface area contributed by atoms with Gasteiger partial charge in [0.05, 0.1) is 0 Å². The molecule has 0 saturated carbocycles. The Hall–Kier alpha value is -2.69. The summed E-state index contributed by atoms with van der Waals surface area (Å²) >= 11 is 0. The summed E-state index contributed by atoms with van der Waals surface area (Å²) in [5.74, 6) is 0.246. The maximum Gasteiger partial charge on any atom is 0.272 e. The molecule has 28 heavy (non-hydrogen) atoms. The Kier molecular flexibility index (Phi) is 6.12. The minimum Gasteiger partial charge on any atom is -0.346 e. The van der Waals surface area contributed by atoms with Crippen LogP contribution in [0.2, 0.25) is 0 Å². The van der Waals surface area contributed by atoms with Crippen molar-refractivity contribution in [2.75, 3.05) is 13.1 Å². The van der Waals surface area contributed by atoms with Crippen LogP contribution in [0.4, 0.5) is 0 Å². The molecule has 1 aliphatic rings. The van der Waals surface area contributed by atoms with Gasteiger partial charge in [0.25, 0.3) is 11.8 Å². The topological polar surface area (TPSA) is 62.3 Å². The SMILES string of the molecule is CC(C)(C)NC(=O)c1cccc(C(=O)N2CCC(Cc3ccccc3)CC2)n1. The van der Waals surface area contributed by atoms with Crippen LogP contribution in [0.25, 0.3) is 0 Å². The number of aromatic nitrogens is 1. The molecule has 1 saturated heterocycles. The average Bonchev–Trinajstić information content (AvgIpc) is 2.68. The van der Waals surface area contributed by atoms with E-state index in [2.05, 4.69) is 34.6 Å². The number of carbonyl (C=O) groups is 2. The fourth-order valence-corrected chi connectivity index (χ4v) is 3.53.